The summed E-state index contributed by atoms with van der Waals surface area (Å²) in [6.45, 7) is 4.04. The summed E-state index contributed by atoms with van der Waals surface area (Å²) >= 11 is 0. The monoisotopic (exact) mass is 451 g/mol. The van der Waals surface area contributed by atoms with E-state index in [1.54, 1.807) is 31.2 Å². The molecule has 3 rings (SSSR count). The Morgan fingerprint density at radius 1 is 0.938 bits per heavy atom. The van der Waals surface area contributed by atoms with Gasteiger partial charge in [0, 0.05) is 17.8 Å². The quantitative estimate of drug-likeness (QED) is 0.540. The molecule has 0 radical (unpaired) electrons. The van der Waals surface area contributed by atoms with Crippen LogP contribution in [0.1, 0.15) is 33.1 Å². The summed E-state index contributed by atoms with van der Waals surface area (Å²) in [5.41, 5.74) is 3.46. The van der Waals surface area contributed by atoms with Crippen LogP contribution in [0.3, 0.4) is 0 Å². The molecular formula is C25H29N3O3S. The van der Waals surface area contributed by atoms with E-state index in [0.717, 1.165) is 11.1 Å². The van der Waals surface area contributed by atoms with Crippen LogP contribution in [0.25, 0.3) is 0 Å². The highest BCUT2D eigenvalue weighted by molar-refractivity contribution is 7.92. The van der Waals surface area contributed by atoms with Gasteiger partial charge in [0.2, 0.25) is 0 Å². The number of aryl methyl sites for hydroxylation is 2. The third-order valence-corrected chi connectivity index (χ3v) is 6.83. The molecule has 3 aromatic rings. The average Bonchev–Trinajstić information content (AvgIpc) is 2.76. The first-order valence-electron chi connectivity index (χ1n) is 10.4. The zero-order valence-electron chi connectivity index (χ0n) is 18.8. The SMILES string of the molecule is Cc1ccc(NS(=O)(=O)c2cc(C(=O)NCC(c3ccccc3)N(C)C)ccc2C)cc1. The van der Waals surface area contributed by atoms with Crippen molar-refractivity contribution in [3.05, 3.63) is 95.1 Å². The normalized spacial score (nSPS) is 12.4. The molecule has 0 saturated carbocycles. The van der Waals surface area contributed by atoms with Gasteiger partial charge < -0.3 is 10.2 Å². The van der Waals surface area contributed by atoms with Gasteiger partial charge in [-0.3, -0.25) is 9.52 Å². The van der Waals surface area contributed by atoms with Crippen molar-refractivity contribution in [1.82, 2.24) is 10.2 Å². The van der Waals surface area contributed by atoms with Crippen LogP contribution in [0.5, 0.6) is 0 Å². The van der Waals surface area contributed by atoms with Crippen LogP contribution in [0.4, 0.5) is 5.69 Å². The second-order valence-electron chi connectivity index (χ2n) is 8.05. The van der Waals surface area contributed by atoms with Gasteiger partial charge in [-0.2, -0.15) is 0 Å². The van der Waals surface area contributed by atoms with Gasteiger partial charge in [0.1, 0.15) is 0 Å². The summed E-state index contributed by atoms with van der Waals surface area (Å²) in [6, 6.07) is 21.7. The molecule has 0 saturated heterocycles. The van der Waals surface area contributed by atoms with Crippen molar-refractivity contribution < 1.29 is 13.2 Å². The molecule has 0 aliphatic heterocycles. The Morgan fingerprint density at radius 3 is 2.22 bits per heavy atom. The van der Waals surface area contributed by atoms with E-state index in [2.05, 4.69) is 10.0 Å². The molecule has 7 heteroatoms. The van der Waals surface area contributed by atoms with Crippen LogP contribution in [-0.4, -0.2) is 39.9 Å². The fourth-order valence-electron chi connectivity index (χ4n) is 3.43. The summed E-state index contributed by atoms with van der Waals surface area (Å²) in [5.74, 6) is -0.320. The molecule has 2 N–H and O–H groups in total. The Bertz CT molecular complexity index is 1170. The van der Waals surface area contributed by atoms with Gasteiger partial charge in [-0.05, 0) is 63.3 Å². The molecule has 32 heavy (non-hydrogen) atoms. The number of carbonyl (C=O) groups excluding carboxylic acids is 1. The van der Waals surface area contributed by atoms with Gasteiger partial charge in [0.05, 0.1) is 10.9 Å². The van der Waals surface area contributed by atoms with E-state index in [1.807, 2.05) is 68.4 Å². The highest BCUT2D eigenvalue weighted by Gasteiger charge is 2.20. The van der Waals surface area contributed by atoms with Crippen molar-refractivity contribution in [3.63, 3.8) is 0 Å². The molecule has 0 fully saturated rings. The lowest BCUT2D eigenvalue weighted by atomic mass is 10.1. The molecule has 3 aromatic carbocycles. The van der Waals surface area contributed by atoms with Gasteiger partial charge in [-0.1, -0.05) is 54.1 Å². The van der Waals surface area contributed by atoms with Crippen LogP contribution in [0, 0.1) is 13.8 Å². The molecular weight excluding hydrogens is 422 g/mol. The van der Waals surface area contributed by atoms with E-state index in [0.29, 0.717) is 23.4 Å². The maximum atomic E-state index is 13.0. The molecule has 6 nitrogen and oxygen atoms in total. The highest BCUT2D eigenvalue weighted by Crippen LogP contribution is 2.22. The Kier molecular flexibility index (Phi) is 7.33. The molecule has 1 atom stereocenters. The number of nitrogens with one attached hydrogen (secondary N) is 2. The second-order valence-corrected chi connectivity index (χ2v) is 9.70. The van der Waals surface area contributed by atoms with Crippen LogP contribution in [-0.2, 0) is 10.0 Å². The van der Waals surface area contributed by atoms with E-state index >= 15 is 0 Å². The lowest BCUT2D eigenvalue weighted by molar-refractivity contribution is 0.0941. The molecule has 0 aliphatic rings. The first kappa shape index (κ1) is 23.5. The first-order chi connectivity index (χ1) is 15.2. The minimum atomic E-state index is -3.84. The summed E-state index contributed by atoms with van der Waals surface area (Å²) in [6.07, 6.45) is 0. The van der Waals surface area contributed by atoms with E-state index < -0.39 is 10.0 Å². The Hall–Kier alpha value is -3.16. The van der Waals surface area contributed by atoms with Crippen LogP contribution >= 0.6 is 0 Å². The Balaban J connectivity index is 1.78. The lowest BCUT2D eigenvalue weighted by Crippen LogP contribution is -2.34. The summed E-state index contributed by atoms with van der Waals surface area (Å²) < 4.78 is 28.5. The van der Waals surface area contributed by atoms with Crippen molar-refractivity contribution >= 4 is 21.6 Å². The third kappa shape index (κ3) is 5.75. The maximum absolute atomic E-state index is 13.0. The maximum Gasteiger partial charge on any atom is 0.262 e. The number of carbonyl (C=O) groups is 1. The van der Waals surface area contributed by atoms with Crippen molar-refractivity contribution in [3.8, 4) is 0 Å². The predicted molar refractivity (Wildman–Crippen MR) is 128 cm³/mol. The zero-order chi connectivity index (χ0) is 23.3. The van der Waals surface area contributed by atoms with Crippen molar-refractivity contribution in [2.75, 3.05) is 25.4 Å². The number of amides is 1. The molecule has 1 unspecified atom stereocenters. The number of likely N-dealkylation sites (N-methyl/N-ethyl adjacent to an activating group) is 1. The van der Waals surface area contributed by atoms with Gasteiger partial charge >= 0.3 is 0 Å². The highest BCUT2D eigenvalue weighted by atomic mass is 32.2. The largest absolute Gasteiger partial charge is 0.350 e. The molecule has 0 bridgehead atoms. The smallest absolute Gasteiger partial charge is 0.262 e. The van der Waals surface area contributed by atoms with Gasteiger partial charge in [-0.25, -0.2) is 8.42 Å². The number of benzene rings is 3. The molecule has 0 heterocycles. The van der Waals surface area contributed by atoms with Crippen molar-refractivity contribution in [2.45, 2.75) is 24.8 Å². The van der Waals surface area contributed by atoms with Crippen molar-refractivity contribution in [1.29, 1.82) is 0 Å². The topological polar surface area (TPSA) is 78.5 Å². The van der Waals surface area contributed by atoms with Crippen LogP contribution in [0.15, 0.2) is 77.7 Å². The summed E-state index contributed by atoms with van der Waals surface area (Å²) in [5, 5.41) is 2.94. The number of hydrogen-bond acceptors (Lipinski definition) is 4. The number of nitrogens with zero attached hydrogens (tertiary/aromatic N) is 1. The predicted octanol–water partition coefficient (Wildman–Crippen LogP) is 4.14. The van der Waals surface area contributed by atoms with Gasteiger partial charge in [0.15, 0.2) is 0 Å². The summed E-state index contributed by atoms with van der Waals surface area (Å²) in [4.78, 5) is 15.0. The molecule has 0 aliphatic carbocycles. The number of hydrogen-bond donors (Lipinski definition) is 2. The Labute approximate surface area is 190 Å². The van der Waals surface area contributed by atoms with Crippen LogP contribution < -0.4 is 10.0 Å². The number of anilines is 1. The lowest BCUT2D eigenvalue weighted by Gasteiger charge is -2.25. The Morgan fingerprint density at radius 2 is 1.59 bits per heavy atom. The second kappa shape index (κ2) is 9.97. The fourth-order valence-corrected chi connectivity index (χ4v) is 4.76. The first-order valence-corrected chi connectivity index (χ1v) is 11.9. The van der Waals surface area contributed by atoms with Gasteiger partial charge in [-0.15, -0.1) is 0 Å². The number of rotatable bonds is 8. The average molecular weight is 452 g/mol. The standard InChI is InChI=1S/C25H29N3O3S/c1-18-10-14-22(15-11-18)27-32(30,31)24-16-21(13-12-19(24)2)25(29)26-17-23(28(3)4)20-8-6-5-7-9-20/h5-16,23,27H,17H2,1-4H3,(H,26,29). The molecule has 1 amide bonds. The number of sulfonamides is 1. The third-order valence-electron chi connectivity index (χ3n) is 5.31. The zero-order valence-corrected chi connectivity index (χ0v) is 19.6. The van der Waals surface area contributed by atoms with E-state index in [4.69, 9.17) is 0 Å². The summed E-state index contributed by atoms with van der Waals surface area (Å²) in [7, 11) is 0.0722. The minimum Gasteiger partial charge on any atom is -0.350 e. The van der Waals surface area contributed by atoms with Gasteiger partial charge in [0.25, 0.3) is 15.9 Å². The minimum absolute atomic E-state index is 0.00277. The van der Waals surface area contributed by atoms with Crippen molar-refractivity contribution in [2.24, 2.45) is 0 Å². The van der Waals surface area contributed by atoms with E-state index in [-0.39, 0.29) is 16.8 Å². The fraction of sp³-hybridized carbons (Fsp3) is 0.240. The molecule has 168 valence electrons. The van der Waals surface area contributed by atoms with E-state index in [9.17, 15) is 13.2 Å². The van der Waals surface area contributed by atoms with Crippen LogP contribution in [0.2, 0.25) is 0 Å². The molecule has 0 aromatic heterocycles. The van der Waals surface area contributed by atoms with E-state index in [1.165, 1.54) is 6.07 Å². The molecule has 0 spiro atoms.